The van der Waals surface area contributed by atoms with Crippen LogP contribution < -0.4 is 0 Å². The zero-order chi connectivity index (χ0) is 10.1. The summed E-state index contributed by atoms with van der Waals surface area (Å²) in [5.74, 6) is -0.535. The zero-order valence-corrected chi connectivity index (χ0v) is 8.81. The van der Waals surface area contributed by atoms with Crippen LogP contribution in [0.15, 0.2) is 0 Å². The van der Waals surface area contributed by atoms with E-state index in [1.54, 1.807) is 0 Å². The van der Waals surface area contributed by atoms with Crippen LogP contribution in [0.3, 0.4) is 0 Å². The first-order valence-corrected chi connectivity index (χ1v) is 4.80. The molecule has 0 aromatic heterocycles. The lowest BCUT2D eigenvalue weighted by Gasteiger charge is -2.29. The number of carbonyl (C=O) groups excluding carboxylic acids is 2. The van der Waals surface area contributed by atoms with Crippen LogP contribution in [0, 0.1) is 0 Å². The van der Waals surface area contributed by atoms with E-state index >= 15 is 0 Å². The van der Waals surface area contributed by atoms with E-state index in [9.17, 15) is 9.59 Å². The van der Waals surface area contributed by atoms with E-state index in [0.717, 1.165) is 0 Å². The number of morpholine rings is 1. The molecule has 0 aromatic carbocycles. The molecule has 1 aliphatic rings. The first-order chi connectivity index (χ1) is 5.90. The summed E-state index contributed by atoms with van der Waals surface area (Å²) in [4.78, 5) is 22.5. The van der Waals surface area contributed by atoms with Crippen molar-refractivity contribution in [3.8, 4) is 0 Å². The summed E-state index contributed by atoms with van der Waals surface area (Å²) in [5.41, 5.74) is 0. The smallest absolute Gasteiger partial charge is 0.265 e. The van der Waals surface area contributed by atoms with Crippen molar-refractivity contribution in [1.82, 2.24) is 4.31 Å². The summed E-state index contributed by atoms with van der Waals surface area (Å²) < 4.78 is 5.85. The van der Waals surface area contributed by atoms with Crippen LogP contribution in [0.1, 0.15) is 20.8 Å². The van der Waals surface area contributed by atoms with Gasteiger partial charge in [-0.1, -0.05) is 0 Å². The summed E-state index contributed by atoms with van der Waals surface area (Å²) in [6, 6.07) is 0. The van der Waals surface area contributed by atoms with Crippen LogP contribution in [0.2, 0.25) is 0 Å². The van der Waals surface area contributed by atoms with Crippen molar-refractivity contribution < 1.29 is 14.3 Å². The molecule has 1 rings (SSSR count). The number of imide groups is 1. The SMILES string of the molecule is CC(C)(C)SN1C(=O)COCC1=O. The van der Waals surface area contributed by atoms with Crippen molar-refractivity contribution in [2.24, 2.45) is 0 Å². The van der Waals surface area contributed by atoms with E-state index < -0.39 is 0 Å². The van der Waals surface area contributed by atoms with Crippen molar-refractivity contribution in [1.29, 1.82) is 0 Å². The largest absolute Gasteiger partial charge is 0.362 e. The second kappa shape index (κ2) is 3.67. The minimum atomic E-state index is -0.267. The van der Waals surface area contributed by atoms with Crippen LogP contribution in [-0.4, -0.2) is 34.1 Å². The Kier molecular flexibility index (Phi) is 2.98. The third-order valence-corrected chi connectivity index (χ3v) is 2.41. The van der Waals surface area contributed by atoms with Gasteiger partial charge < -0.3 is 4.74 Å². The van der Waals surface area contributed by atoms with Crippen LogP contribution >= 0.6 is 11.9 Å². The highest BCUT2D eigenvalue weighted by Crippen LogP contribution is 2.28. The molecular formula is C8H13NO3S. The Labute approximate surface area is 81.7 Å². The van der Waals surface area contributed by atoms with Gasteiger partial charge in [0.1, 0.15) is 13.2 Å². The Balaban J connectivity index is 2.65. The monoisotopic (exact) mass is 203 g/mol. The van der Waals surface area contributed by atoms with Crippen molar-refractivity contribution in [3.05, 3.63) is 0 Å². The third kappa shape index (κ3) is 3.00. The van der Waals surface area contributed by atoms with E-state index in [1.165, 1.54) is 16.3 Å². The highest BCUT2D eigenvalue weighted by atomic mass is 32.2. The van der Waals surface area contributed by atoms with Crippen molar-refractivity contribution in [2.75, 3.05) is 13.2 Å². The van der Waals surface area contributed by atoms with Crippen LogP contribution in [-0.2, 0) is 14.3 Å². The molecule has 0 aromatic rings. The molecule has 5 heteroatoms. The number of amides is 2. The molecule has 0 unspecified atom stereocenters. The molecule has 0 N–H and O–H groups in total. The standard InChI is InChI=1S/C8H13NO3S/c1-8(2,3)13-9-6(10)4-12-5-7(9)11/h4-5H2,1-3H3. The maximum atomic E-state index is 11.2. The molecule has 0 spiro atoms. The number of rotatable bonds is 1. The molecule has 13 heavy (non-hydrogen) atoms. The van der Waals surface area contributed by atoms with Crippen molar-refractivity contribution >= 4 is 23.8 Å². The highest BCUT2D eigenvalue weighted by Gasteiger charge is 2.31. The molecule has 0 aliphatic carbocycles. The Hall–Kier alpha value is -0.550. The molecule has 0 atom stereocenters. The average Bonchev–Trinajstić information content (AvgIpc) is 1.95. The summed E-state index contributed by atoms with van der Waals surface area (Å²) >= 11 is 1.25. The lowest BCUT2D eigenvalue weighted by atomic mass is 10.3. The average molecular weight is 203 g/mol. The first-order valence-electron chi connectivity index (χ1n) is 4.03. The van der Waals surface area contributed by atoms with Gasteiger partial charge in [0.05, 0.1) is 0 Å². The van der Waals surface area contributed by atoms with Gasteiger partial charge in [0.2, 0.25) is 0 Å². The van der Waals surface area contributed by atoms with E-state index in [1.807, 2.05) is 20.8 Å². The summed E-state index contributed by atoms with van der Waals surface area (Å²) in [6.07, 6.45) is 0. The molecule has 0 radical (unpaired) electrons. The quantitative estimate of drug-likeness (QED) is 0.467. The minimum Gasteiger partial charge on any atom is -0.362 e. The lowest BCUT2D eigenvalue weighted by molar-refractivity contribution is -0.150. The van der Waals surface area contributed by atoms with Gasteiger partial charge in [0.25, 0.3) is 11.8 Å². The lowest BCUT2D eigenvalue weighted by Crippen LogP contribution is -2.43. The summed E-state index contributed by atoms with van der Waals surface area (Å²) in [6.45, 7) is 5.87. The topological polar surface area (TPSA) is 46.6 Å². The van der Waals surface area contributed by atoms with Crippen molar-refractivity contribution in [2.45, 2.75) is 25.5 Å². The van der Waals surface area contributed by atoms with Gasteiger partial charge in [-0.25, -0.2) is 4.31 Å². The second-order valence-corrected chi connectivity index (χ2v) is 5.55. The Morgan fingerprint density at radius 1 is 1.23 bits per heavy atom. The van der Waals surface area contributed by atoms with Gasteiger partial charge in [-0.2, -0.15) is 0 Å². The Morgan fingerprint density at radius 2 is 1.69 bits per heavy atom. The summed E-state index contributed by atoms with van der Waals surface area (Å²) in [7, 11) is 0. The zero-order valence-electron chi connectivity index (χ0n) is 7.99. The fraction of sp³-hybridized carbons (Fsp3) is 0.750. The number of ether oxygens (including phenoxy) is 1. The number of hydrogen-bond donors (Lipinski definition) is 0. The molecule has 0 saturated carbocycles. The number of hydrogen-bond acceptors (Lipinski definition) is 4. The third-order valence-electron chi connectivity index (χ3n) is 1.27. The molecule has 2 amide bonds. The van der Waals surface area contributed by atoms with Gasteiger partial charge >= 0.3 is 0 Å². The van der Waals surface area contributed by atoms with Gasteiger partial charge in [-0.3, -0.25) is 9.59 Å². The fourth-order valence-electron chi connectivity index (χ4n) is 0.858. The maximum Gasteiger partial charge on any atom is 0.265 e. The van der Waals surface area contributed by atoms with Gasteiger partial charge in [-0.05, 0) is 32.7 Å². The van der Waals surface area contributed by atoms with E-state index in [-0.39, 0.29) is 29.8 Å². The predicted molar refractivity (Wildman–Crippen MR) is 50.0 cm³/mol. The van der Waals surface area contributed by atoms with Gasteiger partial charge in [0, 0.05) is 4.75 Å². The molecule has 1 aliphatic heterocycles. The normalized spacial score (nSPS) is 19.5. The van der Waals surface area contributed by atoms with Crippen molar-refractivity contribution in [3.63, 3.8) is 0 Å². The Bertz CT molecular complexity index is 218. The first kappa shape index (κ1) is 10.5. The molecule has 74 valence electrons. The molecule has 1 heterocycles. The minimum absolute atomic E-state index is 0.00875. The van der Waals surface area contributed by atoms with Crippen LogP contribution in [0.25, 0.3) is 0 Å². The van der Waals surface area contributed by atoms with Crippen LogP contribution in [0.5, 0.6) is 0 Å². The van der Waals surface area contributed by atoms with Crippen LogP contribution in [0.4, 0.5) is 0 Å². The second-order valence-electron chi connectivity index (χ2n) is 3.78. The molecular weight excluding hydrogens is 190 g/mol. The maximum absolute atomic E-state index is 11.2. The van der Waals surface area contributed by atoms with E-state index in [4.69, 9.17) is 4.74 Å². The number of nitrogens with zero attached hydrogens (tertiary/aromatic N) is 1. The highest BCUT2D eigenvalue weighted by molar-refractivity contribution is 7.99. The molecule has 4 nitrogen and oxygen atoms in total. The van der Waals surface area contributed by atoms with Gasteiger partial charge in [-0.15, -0.1) is 0 Å². The van der Waals surface area contributed by atoms with E-state index in [0.29, 0.717) is 0 Å². The molecule has 0 bridgehead atoms. The van der Waals surface area contributed by atoms with E-state index in [2.05, 4.69) is 0 Å². The Morgan fingerprint density at radius 3 is 2.08 bits per heavy atom. The molecule has 1 saturated heterocycles. The summed E-state index contributed by atoms with van der Waals surface area (Å²) in [5, 5.41) is 0. The van der Waals surface area contributed by atoms with Gasteiger partial charge in [0.15, 0.2) is 0 Å². The molecule has 1 fully saturated rings. The number of carbonyl (C=O) groups is 2. The fourth-order valence-corrected chi connectivity index (χ4v) is 1.71. The predicted octanol–water partition coefficient (Wildman–Crippen LogP) is 0.819.